The van der Waals surface area contributed by atoms with Gasteiger partial charge >= 0.3 is 5.97 Å². The van der Waals surface area contributed by atoms with Gasteiger partial charge in [0, 0.05) is 23.5 Å². The number of para-hydroxylation sites is 1. The SMILES string of the molecule is O=C(O)C(=O)CCc1c[nH]c2ccccc12. The summed E-state index contributed by atoms with van der Waals surface area (Å²) in [6.07, 6.45) is 2.31. The molecule has 0 fully saturated rings. The molecule has 0 aliphatic heterocycles. The van der Waals surface area contributed by atoms with E-state index < -0.39 is 11.8 Å². The Bertz CT molecular complexity index is 542. The van der Waals surface area contributed by atoms with E-state index in [0.29, 0.717) is 6.42 Å². The van der Waals surface area contributed by atoms with E-state index in [-0.39, 0.29) is 6.42 Å². The first-order valence-corrected chi connectivity index (χ1v) is 4.99. The Hall–Kier alpha value is -2.10. The third-order valence-electron chi connectivity index (χ3n) is 2.53. The number of aliphatic carboxylic acids is 1. The molecular weight excluding hydrogens is 206 g/mol. The number of nitrogens with one attached hydrogen (secondary N) is 1. The average Bonchev–Trinajstić information content (AvgIpc) is 2.69. The number of H-pyrrole nitrogens is 1. The van der Waals surface area contributed by atoms with Gasteiger partial charge in [0.2, 0.25) is 5.78 Å². The number of carbonyl (C=O) groups is 2. The molecule has 4 nitrogen and oxygen atoms in total. The summed E-state index contributed by atoms with van der Waals surface area (Å²) in [6, 6.07) is 7.73. The van der Waals surface area contributed by atoms with Crippen LogP contribution in [0.1, 0.15) is 12.0 Å². The van der Waals surface area contributed by atoms with Crippen molar-refractivity contribution in [2.45, 2.75) is 12.8 Å². The zero-order chi connectivity index (χ0) is 11.5. The van der Waals surface area contributed by atoms with Gasteiger partial charge in [-0.1, -0.05) is 18.2 Å². The highest BCUT2D eigenvalue weighted by Crippen LogP contribution is 2.18. The number of aryl methyl sites for hydroxylation is 1. The Morgan fingerprint density at radius 2 is 2.00 bits per heavy atom. The molecule has 1 heterocycles. The summed E-state index contributed by atoms with van der Waals surface area (Å²) < 4.78 is 0. The van der Waals surface area contributed by atoms with Crippen LogP contribution in [0.4, 0.5) is 0 Å². The Balaban J connectivity index is 2.16. The normalized spacial score (nSPS) is 10.5. The molecule has 0 saturated carbocycles. The smallest absolute Gasteiger partial charge is 0.372 e. The second-order valence-corrected chi connectivity index (χ2v) is 3.59. The van der Waals surface area contributed by atoms with Gasteiger partial charge in [-0.3, -0.25) is 4.79 Å². The molecule has 0 radical (unpaired) electrons. The van der Waals surface area contributed by atoms with Gasteiger partial charge in [0.25, 0.3) is 0 Å². The summed E-state index contributed by atoms with van der Waals surface area (Å²) in [5.41, 5.74) is 1.98. The van der Waals surface area contributed by atoms with Gasteiger partial charge in [-0.15, -0.1) is 0 Å². The highest BCUT2D eigenvalue weighted by molar-refractivity contribution is 6.32. The van der Waals surface area contributed by atoms with Crippen LogP contribution in [-0.4, -0.2) is 21.8 Å². The van der Waals surface area contributed by atoms with Crippen LogP contribution in [-0.2, 0) is 16.0 Å². The van der Waals surface area contributed by atoms with E-state index in [9.17, 15) is 9.59 Å². The number of aromatic amines is 1. The van der Waals surface area contributed by atoms with Crippen LogP contribution in [0.25, 0.3) is 10.9 Å². The number of Topliss-reactive ketones (excluding diaryl/α,β-unsaturated/α-hetero) is 1. The Labute approximate surface area is 91.9 Å². The standard InChI is InChI=1S/C12H11NO3/c14-11(12(15)16)6-5-8-7-13-10-4-2-1-3-9(8)10/h1-4,7,13H,5-6H2,(H,15,16). The number of hydrogen-bond donors (Lipinski definition) is 2. The fourth-order valence-corrected chi connectivity index (χ4v) is 1.69. The topological polar surface area (TPSA) is 70.2 Å². The van der Waals surface area contributed by atoms with Crippen molar-refractivity contribution in [3.8, 4) is 0 Å². The maximum absolute atomic E-state index is 11.0. The first-order chi connectivity index (χ1) is 7.68. The quantitative estimate of drug-likeness (QED) is 0.766. The van der Waals surface area contributed by atoms with Crippen molar-refractivity contribution < 1.29 is 14.7 Å². The van der Waals surface area contributed by atoms with E-state index in [1.54, 1.807) is 0 Å². The van der Waals surface area contributed by atoms with Crippen molar-refractivity contribution in [3.05, 3.63) is 36.0 Å². The molecule has 0 spiro atoms. The second kappa shape index (κ2) is 4.18. The number of hydrogen-bond acceptors (Lipinski definition) is 2. The van der Waals surface area contributed by atoms with Gasteiger partial charge in [-0.2, -0.15) is 0 Å². The highest BCUT2D eigenvalue weighted by atomic mass is 16.4. The fourth-order valence-electron chi connectivity index (χ4n) is 1.69. The van der Waals surface area contributed by atoms with E-state index in [2.05, 4.69) is 4.98 Å². The maximum Gasteiger partial charge on any atom is 0.372 e. The highest BCUT2D eigenvalue weighted by Gasteiger charge is 2.12. The predicted molar refractivity (Wildman–Crippen MR) is 59.3 cm³/mol. The lowest BCUT2D eigenvalue weighted by Gasteiger charge is -1.96. The fraction of sp³-hybridized carbons (Fsp3) is 0.167. The third-order valence-corrected chi connectivity index (χ3v) is 2.53. The first-order valence-electron chi connectivity index (χ1n) is 4.99. The number of aromatic nitrogens is 1. The van der Waals surface area contributed by atoms with Crippen molar-refractivity contribution in [2.75, 3.05) is 0 Å². The second-order valence-electron chi connectivity index (χ2n) is 3.59. The molecule has 0 aliphatic carbocycles. The van der Waals surface area contributed by atoms with Crippen LogP contribution in [0.5, 0.6) is 0 Å². The summed E-state index contributed by atoms with van der Waals surface area (Å²) in [5.74, 6) is -2.11. The Kier molecular flexibility index (Phi) is 2.72. The summed E-state index contributed by atoms with van der Waals surface area (Å²) >= 11 is 0. The number of carbonyl (C=O) groups excluding carboxylic acids is 1. The van der Waals surface area contributed by atoms with Crippen LogP contribution in [0.15, 0.2) is 30.5 Å². The molecule has 0 bridgehead atoms. The van der Waals surface area contributed by atoms with E-state index in [4.69, 9.17) is 5.11 Å². The van der Waals surface area contributed by atoms with Gasteiger partial charge < -0.3 is 10.1 Å². The van der Waals surface area contributed by atoms with Gasteiger partial charge in [-0.05, 0) is 18.1 Å². The molecule has 4 heteroatoms. The lowest BCUT2D eigenvalue weighted by atomic mass is 10.1. The minimum absolute atomic E-state index is 0.0389. The number of carboxylic acid groups (broad SMARTS) is 1. The van der Waals surface area contributed by atoms with Gasteiger partial charge in [0.15, 0.2) is 0 Å². The van der Waals surface area contributed by atoms with Crippen LogP contribution < -0.4 is 0 Å². The number of fused-ring (bicyclic) bond motifs is 1. The number of carboxylic acids is 1. The van der Waals surface area contributed by atoms with Crippen LogP contribution in [0.3, 0.4) is 0 Å². The third kappa shape index (κ3) is 1.95. The number of rotatable bonds is 4. The molecule has 82 valence electrons. The molecule has 0 aliphatic rings. The van der Waals surface area contributed by atoms with Crippen LogP contribution >= 0.6 is 0 Å². The van der Waals surface area contributed by atoms with E-state index in [0.717, 1.165) is 16.5 Å². The van der Waals surface area contributed by atoms with E-state index >= 15 is 0 Å². The lowest BCUT2D eigenvalue weighted by Crippen LogP contribution is -2.12. The van der Waals surface area contributed by atoms with Gasteiger partial charge in [0.05, 0.1) is 0 Å². The molecule has 0 unspecified atom stereocenters. The average molecular weight is 217 g/mol. The van der Waals surface area contributed by atoms with Crippen molar-refractivity contribution in [1.82, 2.24) is 4.98 Å². The van der Waals surface area contributed by atoms with Gasteiger partial charge in [-0.25, -0.2) is 4.79 Å². The zero-order valence-electron chi connectivity index (χ0n) is 8.56. The summed E-state index contributed by atoms with van der Waals surface area (Å²) in [5, 5.41) is 9.51. The number of ketones is 1. The molecule has 1 aromatic heterocycles. The summed E-state index contributed by atoms with van der Waals surface area (Å²) in [6.45, 7) is 0. The van der Waals surface area contributed by atoms with Gasteiger partial charge in [0.1, 0.15) is 0 Å². The van der Waals surface area contributed by atoms with Crippen molar-refractivity contribution in [3.63, 3.8) is 0 Å². The number of benzene rings is 1. The lowest BCUT2D eigenvalue weighted by molar-refractivity contribution is -0.149. The van der Waals surface area contributed by atoms with Crippen LogP contribution in [0.2, 0.25) is 0 Å². The Morgan fingerprint density at radius 3 is 2.75 bits per heavy atom. The monoisotopic (exact) mass is 217 g/mol. The predicted octanol–water partition coefficient (Wildman–Crippen LogP) is 1.75. The zero-order valence-corrected chi connectivity index (χ0v) is 8.56. The molecule has 0 amide bonds. The molecular formula is C12H11NO3. The molecule has 0 saturated heterocycles. The van der Waals surface area contributed by atoms with E-state index in [1.807, 2.05) is 30.5 Å². The Morgan fingerprint density at radius 1 is 1.25 bits per heavy atom. The molecule has 2 N–H and O–H groups in total. The summed E-state index contributed by atoms with van der Waals surface area (Å²) in [7, 11) is 0. The molecule has 2 rings (SSSR count). The molecule has 16 heavy (non-hydrogen) atoms. The molecule has 0 atom stereocenters. The van der Waals surface area contributed by atoms with Crippen LogP contribution in [0, 0.1) is 0 Å². The minimum Gasteiger partial charge on any atom is -0.476 e. The van der Waals surface area contributed by atoms with E-state index in [1.165, 1.54) is 0 Å². The largest absolute Gasteiger partial charge is 0.476 e. The van der Waals surface area contributed by atoms with Crippen molar-refractivity contribution in [2.24, 2.45) is 0 Å². The summed E-state index contributed by atoms with van der Waals surface area (Å²) in [4.78, 5) is 24.4. The maximum atomic E-state index is 11.0. The minimum atomic E-state index is -1.36. The first kappa shape index (κ1) is 10.4. The van der Waals surface area contributed by atoms with Crippen molar-refractivity contribution >= 4 is 22.7 Å². The van der Waals surface area contributed by atoms with Crippen molar-refractivity contribution in [1.29, 1.82) is 0 Å². The molecule has 2 aromatic rings. The molecule has 1 aromatic carbocycles.